The van der Waals surface area contributed by atoms with Gasteiger partial charge in [0.05, 0.1) is 13.2 Å². The van der Waals surface area contributed by atoms with Crippen molar-refractivity contribution in [1.82, 2.24) is 0 Å². The fourth-order valence-corrected chi connectivity index (χ4v) is 4.30. The summed E-state index contributed by atoms with van der Waals surface area (Å²) < 4.78 is 26.5. The number of hydrogen-bond acceptors (Lipinski definition) is 2. The Bertz CT molecular complexity index is 1110. The number of rotatable bonds is 2. The Hall–Kier alpha value is -2.75. The highest BCUT2D eigenvalue weighted by atomic mass is 15.3. The van der Waals surface area contributed by atoms with Gasteiger partial charge in [0, 0.05) is 9.58 Å². The van der Waals surface area contributed by atoms with Crippen LogP contribution in [0.3, 0.4) is 0 Å². The van der Waals surface area contributed by atoms with E-state index in [2.05, 4.69) is 60.7 Å². The van der Waals surface area contributed by atoms with Gasteiger partial charge in [0.2, 0.25) is 0 Å². The maximum Gasteiger partial charge on any atom is 0.538 e. The monoisotopic (exact) mass is 359 g/mol. The van der Waals surface area contributed by atoms with E-state index in [0.29, 0.717) is 5.56 Å². The van der Waals surface area contributed by atoms with Gasteiger partial charge in [-0.1, -0.05) is 36.4 Å². The van der Waals surface area contributed by atoms with E-state index in [0.717, 1.165) is 22.8 Å². The molecular weight excluding hydrogens is 329 g/mol. The fraction of sp³-hybridized carbons (Fsp3) is 0.261. The summed E-state index contributed by atoms with van der Waals surface area (Å²) in [5, 5.41) is 0. The van der Waals surface area contributed by atoms with Crippen molar-refractivity contribution >= 4 is 29.6 Å². The van der Waals surface area contributed by atoms with Gasteiger partial charge in [-0.3, -0.25) is 4.81 Å². The Balaban J connectivity index is 2.09. The number of nitrogens with zero attached hydrogens (tertiary/aromatic N) is 3. The molecule has 1 aliphatic heterocycles. The molecule has 0 bridgehead atoms. The smallest absolute Gasteiger partial charge is 0.366 e. The predicted octanol–water partition coefficient (Wildman–Crippen LogP) is 3.73. The van der Waals surface area contributed by atoms with Crippen LogP contribution in [0.2, 0.25) is 0 Å². The van der Waals surface area contributed by atoms with Gasteiger partial charge in [0.1, 0.15) is 11.4 Å². The third-order valence-electron chi connectivity index (χ3n) is 5.63. The lowest BCUT2D eigenvalue weighted by atomic mass is 9.61. The first-order chi connectivity index (χ1) is 14.1. The normalized spacial score (nSPS) is 15.4. The van der Waals surface area contributed by atoms with Crippen molar-refractivity contribution in [3.63, 3.8) is 0 Å². The SMILES string of the molecule is [2H]C([2H])([2H])c1cc[n+](C)c2c1N(C)B(c1c(C)cccc1C)N2c1ccccc1C. The minimum atomic E-state index is -2.19. The summed E-state index contributed by atoms with van der Waals surface area (Å²) in [6, 6.07) is 16.3. The second-order valence-corrected chi connectivity index (χ2v) is 7.46. The van der Waals surface area contributed by atoms with E-state index < -0.39 is 6.85 Å². The van der Waals surface area contributed by atoms with Gasteiger partial charge >= 0.3 is 6.98 Å². The summed E-state index contributed by atoms with van der Waals surface area (Å²) in [4.78, 5) is 4.41. The number of aromatic nitrogens is 1. The zero-order valence-electron chi connectivity index (χ0n) is 19.6. The van der Waals surface area contributed by atoms with Gasteiger partial charge in [-0.05, 0) is 69.1 Å². The van der Waals surface area contributed by atoms with Gasteiger partial charge in [-0.2, -0.15) is 0 Å². The number of benzene rings is 2. The maximum absolute atomic E-state index is 8.15. The Morgan fingerprint density at radius 2 is 1.56 bits per heavy atom. The van der Waals surface area contributed by atoms with Crippen LogP contribution >= 0.6 is 0 Å². The summed E-state index contributed by atoms with van der Waals surface area (Å²) in [7, 11) is 3.98. The van der Waals surface area contributed by atoms with Crippen LogP contribution in [0.1, 0.15) is 26.4 Å². The number of fused-ring (bicyclic) bond motifs is 1. The quantitative estimate of drug-likeness (QED) is 0.510. The third kappa shape index (κ3) is 2.63. The summed E-state index contributed by atoms with van der Waals surface area (Å²) in [5.74, 6) is 0.896. The second kappa shape index (κ2) is 6.45. The summed E-state index contributed by atoms with van der Waals surface area (Å²) in [6.45, 7) is 4.01. The van der Waals surface area contributed by atoms with Crippen molar-refractivity contribution in [2.75, 3.05) is 16.7 Å². The van der Waals surface area contributed by atoms with E-state index in [4.69, 9.17) is 4.11 Å². The zero-order valence-corrected chi connectivity index (χ0v) is 16.6. The molecule has 4 rings (SSSR count). The van der Waals surface area contributed by atoms with Crippen molar-refractivity contribution in [1.29, 1.82) is 0 Å². The molecule has 0 amide bonds. The van der Waals surface area contributed by atoms with Crippen molar-refractivity contribution < 1.29 is 8.68 Å². The van der Waals surface area contributed by atoms with Gasteiger partial charge in [-0.15, -0.1) is 0 Å². The summed E-state index contributed by atoms with van der Waals surface area (Å²) in [6.07, 6.45) is 1.85. The molecule has 2 aromatic carbocycles. The number of anilines is 3. The van der Waals surface area contributed by atoms with Crippen LogP contribution in [0.25, 0.3) is 0 Å². The highest BCUT2D eigenvalue weighted by molar-refractivity contribution is 6.83. The van der Waals surface area contributed by atoms with E-state index in [9.17, 15) is 0 Å². The first-order valence-corrected chi connectivity index (χ1v) is 9.30. The Kier molecular flexibility index (Phi) is 3.42. The average Bonchev–Trinajstić information content (AvgIpc) is 2.95. The van der Waals surface area contributed by atoms with Gasteiger partial charge in [0.25, 0.3) is 5.82 Å². The molecule has 27 heavy (non-hydrogen) atoms. The minimum Gasteiger partial charge on any atom is -0.366 e. The molecule has 3 nitrogen and oxygen atoms in total. The van der Waals surface area contributed by atoms with E-state index >= 15 is 0 Å². The standard InChI is InChI=1S/C23H27BN3/c1-16-10-7-8-13-20(16)27-23-22(19(4)14-15-25(23)5)26(6)24(27)21-17(2)11-9-12-18(21)3/h7-15H,1-6H3/q+1/i4D3. The number of pyridine rings is 1. The highest BCUT2D eigenvalue weighted by Crippen LogP contribution is 2.42. The van der Waals surface area contributed by atoms with Crippen LogP contribution in [0.4, 0.5) is 17.2 Å². The molecule has 0 atom stereocenters. The lowest BCUT2D eigenvalue weighted by Gasteiger charge is -2.24. The lowest BCUT2D eigenvalue weighted by molar-refractivity contribution is -0.657. The highest BCUT2D eigenvalue weighted by Gasteiger charge is 2.52. The summed E-state index contributed by atoms with van der Waals surface area (Å²) in [5.41, 5.74) is 6.95. The molecule has 2 heterocycles. The third-order valence-corrected chi connectivity index (χ3v) is 5.63. The molecule has 136 valence electrons. The van der Waals surface area contributed by atoms with E-state index in [1.165, 1.54) is 16.6 Å². The first-order valence-electron chi connectivity index (χ1n) is 10.8. The minimum absolute atomic E-state index is 0.142. The molecule has 3 aromatic rings. The lowest BCUT2D eigenvalue weighted by Crippen LogP contribution is -2.56. The molecule has 0 N–H and O–H groups in total. The van der Waals surface area contributed by atoms with Crippen LogP contribution < -0.4 is 19.7 Å². The fourth-order valence-electron chi connectivity index (χ4n) is 4.30. The molecule has 0 spiro atoms. The van der Waals surface area contributed by atoms with Crippen molar-refractivity contribution in [2.24, 2.45) is 7.05 Å². The molecule has 0 unspecified atom stereocenters. The molecule has 0 saturated heterocycles. The molecule has 0 fully saturated rings. The van der Waals surface area contributed by atoms with E-state index in [-0.39, 0.29) is 6.98 Å². The second-order valence-electron chi connectivity index (χ2n) is 7.46. The van der Waals surface area contributed by atoms with Gasteiger partial charge < -0.3 is 4.81 Å². The van der Waals surface area contributed by atoms with Crippen LogP contribution in [0.15, 0.2) is 54.7 Å². The molecule has 4 heteroatoms. The number of para-hydroxylation sites is 1. The van der Waals surface area contributed by atoms with Crippen molar-refractivity contribution in [3.05, 3.63) is 77.0 Å². The molecule has 0 aliphatic carbocycles. The van der Waals surface area contributed by atoms with Gasteiger partial charge in [-0.25, -0.2) is 4.57 Å². The average molecular weight is 359 g/mol. The van der Waals surface area contributed by atoms with E-state index in [1.54, 1.807) is 6.07 Å². The Morgan fingerprint density at radius 3 is 2.22 bits per heavy atom. The molecule has 0 saturated carbocycles. The number of aryl methyl sites for hydroxylation is 5. The first kappa shape index (κ1) is 14.3. The van der Waals surface area contributed by atoms with Crippen LogP contribution in [0, 0.1) is 27.6 Å². The molecule has 1 aromatic heterocycles. The topological polar surface area (TPSA) is 10.4 Å². The number of hydrogen-bond donors (Lipinski definition) is 0. The van der Waals surface area contributed by atoms with Crippen LogP contribution in [-0.2, 0) is 7.05 Å². The van der Waals surface area contributed by atoms with Crippen molar-refractivity contribution in [3.8, 4) is 0 Å². The maximum atomic E-state index is 8.15. The molecule has 0 radical (unpaired) electrons. The molecule has 1 aliphatic rings. The Morgan fingerprint density at radius 1 is 0.889 bits per heavy atom. The summed E-state index contributed by atoms with van der Waals surface area (Å²) >= 11 is 0. The van der Waals surface area contributed by atoms with Gasteiger partial charge in [0.15, 0.2) is 0 Å². The predicted molar refractivity (Wildman–Crippen MR) is 115 cm³/mol. The van der Waals surface area contributed by atoms with Crippen LogP contribution in [-0.4, -0.2) is 14.0 Å². The molecular formula is C23H27BN3+. The van der Waals surface area contributed by atoms with Crippen molar-refractivity contribution in [2.45, 2.75) is 27.6 Å². The Labute approximate surface area is 167 Å². The zero-order chi connectivity index (χ0) is 21.8. The largest absolute Gasteiger partial charge is 0.538 e. The van der Waals surface area contributed by atoms with E-state index in [1.807, 2.05) is 37.0 Å². The van der Waals surface area contributed by atoms with Crippen LogP contribution in [0.5, 0.6) is 0 Å².